The normalized spacial score (nSPS) is 19.5. The molecule has 1 aromatic heterocycles. The lowest BCUT2D eigenvalue weighted by molar-refractivity contribution is -0.0440. The van der Waals surface area contributed by atoms with Gasteiger partial charge in [-0.05, 0) is 51.1 Å². The lowest BCUT2D eigenvalue weighted by Crippen LogP contribution is -2.48. The Hall–Kier alpha value is -2.79. The minimum atomic E-state index is -3.97. The van der Waals surface area contributed by atoms with Gasteiger partial charge in [-0.2, -0.15) is 4.31 Å². The fourth-order valence-electron chi connectivity index (χ4n) is 3.85. The van der Waals surface area contributed by atoms with Gasteiger partial charge in [-0.1, -0.05) is 23.7 Å². The molecule has 2 heterocycles. The summed E-state index contributed by atoms with van der Waals surface area (Å²) in [5, 5.41) is 0.345. The van der Waals surface area contributed by atoms with Crippen molar-refractivity contribution in [1.29, 1.82) is 0 Å². The van der Waals surface area contributed by atoms with Crippen molar-refractivity contribution in [3.8, 4) is 0 Å². The van der Waals surface area contributed by atoms with Crippen LogP contribution in [0, 0.1) is 6.92 Å². The number of rotatable bonds is 4. The number of fused-ring (bicyclic) bond motifs is 1. The molecule has 9 nitrogen and oxygen atoms in total. The molecule has 3 aromatic rings. The van der Waals surface area contributed by atoms with Gasteiger partial charge in [0.25, 0.3) is 11.5 Å². The van der Waals surface area contributed by atoms with Crippen molar-refractivity contribution in [2.45, 2.75) is 37.9 Å². The molecule has 1 amide bonds. The number of hydrogen-bond acceptors (Lipinski definition) is 6. The molecular weight excluding hydrogens is 468 g/mol. The quantitative estimate of drug-likeness (QED) is 0.601. The minimum Gasteiger partial charge on any atom is -0.373 e. The summed E-state index contributed by atoms with van der Waals surface area (Å²) in [6, 6.07) is 10.8. The number of carbonyl (C=O) groups excluding carboxylic acids is 1. The van der Waals surface area contributed by atoms with Crippen molar-refractivity contribution in [3.05, 3.63) is 69.2 Å². The zero-order valence-electron chi connectivity index (χ0n) is 18.3. The smallest absolute Gasteiger partial charge is 0.280 e. The summed E-state index contributed by atoms with van der Waals surface area (Å²) in [6.07, 6.45) is -0.548. The molecule has 1 saturated heterocycles. The van der Waals surface area contributed by atoms with Crippen LogP contribution in [0.25, 0.3) is 10.9 Å². The average molecular weight is 491 g/mol. The summed E-state index contributed by atoms with van der Waals surface area (Å²) in [5.41, 5.74) is 2.62. The highest BCUT2D eigenvalue weighted by molar-refractivity contribution is 7.89. The molecule has 0 aliphatic carbocycles. The predicted octanol–water partition coefficient (Wildman–Crippen LogP) is 2.54. The van der Waals surface area contributed by atoms with Crippen molar-refractivity contribution >= 4 is 38.4 Å². The lowest BCUT2D eigenvalue weighted by Gasteiger charge is -2.34. The van der Waals surface area contributed by atoms with Crippen LogP contribution < -0.4 is 11.0 Å². The standard InChI is InChI=1S/C22H23ClN4O5S/c1-13-11-26(12-14(2)32-13)33(30,31)20-10-16(8-9-18(20)23)21(28)25-27-15(3)24-19-7-5-4-6-17(19)22(27)29/h4-10,13-14H,11-12H2,1-3H3,(H,25,28)/t13-,14-/m1/s1. The van der Waals surface area contributed by atoms with Gasteiger partial charge in [0.15, 0.2) is 0 Å². The highest BCUT2D eigenvalue weighted by Crippen LogP contribution is 2.28. The number of amides is 1. The molecule has 0 radical (unpaired) electrons. The van der Waals surface area contributed by atoms with Crippen LogP contribution >= 0.6 is 11.6 Å². The molecule has 2 aromatic carbocycles. The van der Waals surface area contributed by atoms with Crippen LogP contribution in [0.4, 0.5) is 0 Å². The Bertz CT molecular complexity index is 1400. The van der Waals surface area contributed by atoms with E-state index in [2.05, 4.69) is 10.4 Å². The van der Waals surface area contributed by atoms with Crippen LogP contribution in [0.15, 0.2) is 52.2 Å². The Kier molecular flexibility index (Phi) is 6.28. The Labute approximate surface area is 196 Å². The Balaban J connectivity index is 1.68. The number of para-hydroxylation sites is 1. The van der Waals surface area contributed by atoms with Gasteiger partial charge in [0.2, 0.25) is 10.0 Å². The fraction of sp³-hybridized carbons (Fsp3) is 0.318. The molecule has 0 saturated carbocycles. The van der Waals surface area contributed by atoms with Gasteiger partial charge in [-0.15, -0.1) is 0 Å². The number of ether oxygens (including phenoxy) is 1. The van der Waals surface area contributed by atoms with E-state index in [9.17, 15) is 18.0 Å². The topological polar surface area (TPSA) is 111 Å². The van der Waals surface area contributed by atoms with E-state index in [1.165, 1.54) is 22.5 Å². The van der Waals surface area contributed by atoms with Crippen molar-refractivity contribution in [2.75, 3.05) is 18.5 Å². The molecule has 0 bridgehead atoms. The lowest BCUT2D eigenvalue weighted by atomic mass is 10.2. The van der Waals surface area contributed by atoms with Crippen LogP contribution in [-0.2, 0) is 14.8 Å². The zero-order chi connectivity index (χ0) is 23.9. The summed E-state index contributed by atoms with van der Waals surface area (Å²) in [7, 11) is -3.97. The van der Waals surface area contributed by atoms with Crippen LogP contribution in [-0.4, -0.2) is 53.6 Å². The number of carbonyl (C=O) groups is 1. The first-order valence-corrected chi connectivity index (χ1v) is 12.1. The van der Waals surface area contributed by atoms with Crippen LogP contribution in [0.5, 0.6) is 0 Å². The van der Waals surface area contributed by atoms with Gasteiger partial charge in [0.05, 0.1) is 28.1 Å². The summed E-state index contributed by atoms with van der Waals surface area (Å²) in [6.45, 7) is 5.53. The molecule has 4 rings (SSSR count). The van der Waals surface area contributed by atoms with Crippen molar-refractivity contribution in [3.63, 3.8) is 0 Å². The maximum Gasteiger partial charge on any atom is 0.280 e. The van der Waals surface area contributed by atoms with Gasteiger partial charge in [0.1, 0.15) is 10.7 Å². The molecule has 1 aliphatic heterocycles. The summed E-state index contributed by atoms with van der Waals surface area (Å²) in [5.74, 6) is -0.390. The summed E-state index contributed by atoms with van der Waals surface area (Å²) in [4.78, 5) is 30.0. The third-order valence-corrected chi connectivity index (χ3v) is 7.67. The van der Waals surface area contributed by atoms with Gasteiger partial charge in [-0.3, -0.25) is 15.0 Å². The van der Waals surface area contributed by atoms with E-state index in [-0.39, 0.29) is 46.6 Å². The summed E-state index contributed by atoms with van der Waals surface area (Å²) < 4.78 is 34.5. The first-order valence-electron chi connectivity index (χ1n) is 10.3. The van der Waals surface area contributed by atoms with Crippen molar-refractivity contribution < 1.29 is 17.9 Å². The molecule has 33 heavy (non-hydrogen) atoms. The highest BCUT2D eigenvalue weighted by atomic mass is 35.5. The number of morpholine rings is 1. The molecule has 1 fully saturated rings. The summed E-state index contributed by atoms with van der Waals surface area (Å²) >= 11 is 6.22. The number of halogens is 1. The molecule has 0 unspecified atom stereocenters. The van der Waals surface area contributed by atoms with Gasteiger partial charge in [-0.25, -0.2) is 18.1 Å². The molecule has 174 valence electrons. The van der Waals surface area contributed by atoms with E-state index in [0.29, 0.717) is 10.9 Å². The van der Waals surface area contributed by atoms with Crippen LogP contribution in [0.3, 0.4) is 0 Å². The maximum atomic E-state index is 13.3. The van der Waals surface area contributed by atoms with Gasteiger partial charge >= 0.3 is 0 Å². The first kappa shape index (κ1) is 23.4. The minimum absolute atomic E-state index is 0.000864. The molecule has 11 heteroatoms. The number of aromatic nitrogens is 2. The number of aryl methyl sites for hydroxylation is 1. The predicted molar refractivity (Wildman–Crippen MR) is 125 cm³/mol. The highest BCUT2D eigenvalue weighted by Gasteiger charge is 2.34. The molecular formula is C22H23ClN4O5S. The second-order valence-electron chi connectivity index (χ2n) is 7.98. The number of hydrogen-bond donors (Lipinski definition) is 1. The van der Waals surface area contributed by atoms with E-state index in [4.69, 9.17) is 16.3 Å². The molecule has 2 atom stereocenters. The van der Waals surface area contributed by atoms with E-state index in [1.54, 1.807) is 45.0 Å². The number of sulfonamides is 1. The van der Waals surface area contributed by atoms with Crippen molar-refractivity contribution in [1.82, 2.24) is 14.0 Å². The van der Waals surface area contributed by atoms with Crippen molar-refractivity contribution in [2.24, 2.45) is 0 Å². The van der Waals surface area contributed by atoms with Gasteiger partial charge in [0, 0.05) is 18.7 Å². The van der Waals surface area contributed by atoms with E-state index < -0.39 is 21.5 Å². The third kappa shape index (κ3) is 4.51. The fourth-order valence-corrected chi connectivity index (χ4v) is 5.94. The second kappa shape index (κ2) is 8.86. The second-order valence-corrected chi connectivity index (χ2v) is 10.3. The Morgan fingerprint density at radius 2 is 1.82 bits per heavy atom. The van der Waals surface area contributed by atoms with Crippen LogP contribution in [0.2, 0.25) is 5.02 Å². The molecule has 1 N–H and O–H groups in total. The third-order valence-electron chi connectivity index (χ3n) is 5.35. The monoisotopic (exact) mass is 490 g/mol. The largest absolute Gasteiger partial charge is 0.373 e. The molecule has 0 spiro atoms. The zero-order valence-corrected chi connectivity index (χ0v) is 19.9. The average Bonchev–Trinajstić information content (AvgIpc) is 2.76. The van der Waals surface area contributed by atoms with Crippen LogP contribution in [0.1, 0.15) is 30.0 Å². The Morgan fingerprint density at radius 3 is 2.52 bits per heavy atom. The number of nitrogens with one attached hydrogen (secondary N) is 1. The number of nitrogens with zero attached hydrogens (tertiary/aromatic N) is 3. The first-order chi connectivity index (χ1) is 15.6. The maximum absolute atomic E-state index is 13.3. The Morgan fingerprint density at radius 1 is 1.15 bits per heavy atom. The van der Waals surface area contributed by atoms with E-state index in [1.807, 2.05) is 0 Å². The number of benzene rings is 2. The SMILES string of the molecule is Cc1nc2ccccc2c(=O)n1NC(=O)c1ccc(Cl)c(S(=O)(=O)N2C[C@@H](C)O[C@H](C)C2)c1. The van der Waals surface area contributed by atoms with E-state index in [0.717, 1.165) is 4.68 Å². The molecule has 1 aliphatic rings. The van der Waals surface area contributed by atoms with E-state index >= 15 is 0 Å². The van der Waals surface area contributed by atoms with Gasteiger partial charge < -0.3 is 4.74 Å².